The lowest BCUT2D eigenvalue weighted by molar-refractivity contribution is -0.130. The van der Waals surface area contributed by atoms with Gasteiger partial charge in [-0.25, -0.2) is 9.97 Å². The van der Waals surface area contributed by atoms with Gasteiger partial charge in [0.2, 0.25) is 5.91 Å². The predicted molar refractivity (Wildman–Crippen MR) is 103 cm³/mol. The second kappa shape index (κ2) is 8.43. The maximum atomic E-state index is 12.6. The molecule has 0 bridgehead atoms. The van der Waals surface area contributed by atoms with E-state index in [2.05, 4.69) is 9.97 Å². The molecule has 0 spiro atoms. The van der Waals surface area contributed by atoms with Crippen molar-refractivity contribution in [2.75, 3.05) is 6.54 Å². The SMILES string of the molecule is CCN(Cc1ccccc1)C(=O)Cc1csc(-c2ncc(C#N)cc2O)n1. The minimum atomic E-state index is -0.0967. The molecule has 3 rings (SSSR count). The summed E-state index contributed by atoms with van der Waals surface area (Å²) in [5.41, 5.74) is 2.31. The van der Waals surface area contributed by atoms with E-state index >= 15 is 0 Å². The van der Waals surface area contributed by atoms with Crippen LogP contribution in [0.3, 0.4) is 0 Å². The Morgan fingerprint density at radius 1 is 1.33 bits per heavy atom. The van der Waals surface area contributed by atoms with Crippen molar-refractivity contribution in [1.29, 1.82) is 5.26 Å². The van der Waals surface area contributed by atoms with Gasteiger partial charge in [0.1, 0.15) is 22.5 Å². The number of nitriles is 1. The number of aromatic hydroxyl groups is 1. The van der Waals surface area contributed by atoms with Gasteiger partial charge < -0.3 is 10.0 Å². The summed E-state index contributed by atoms with van der Waals surface area (Å²) in [5, 5.41) is 21.2. The van der Waals surface area contributed by atoms with E-state index in [0.29, 0.717) is 29.5 Å². The van der Waals surface area contributed by atoms with Crippen LogP contribution in [0.2, 0.25) is 0 Å². The van der Waals surface area contributed by atoms with Gasteiger partial charge in [0.15, 0.2) is 0 Å². The van der Waals surface area contributed by atoms with Crippen LogP contribution in [0, 0.1) is 11.3 Å². The van der Waals surface area contributed by atoms with Crippen molar-refractivity contribution in [2.45, 2.75) is 19.9 Å². The van der Waals surface area contributed by atoms with E-state index in [4.69, 9.17) is 5.26 Å². The van der Waals surface area contributed by atoms with Crippen molar-refractivity contribution >= 4 is 17.2 Å². The van der Waals surface area contributed by atoms with Crippen molar-refractivity contribution in [3.8, 4) is 22.5 Å². The fraction of sp³-hybridized carbons (Fsp3) is 0.200. The fourth-order valence-corrected chi connectivity index (χ4v) is 3.45. The number of hydrogen-bond acceptors (Lipinski definition) is 6. The number of rotatable bonds is 6. The number of hydrogen-bond donors (Lipinski definition) is 1. The van der Waals surface area contributed by atoms with Gasteiger partial charge in [-0.2, -0.15) is 5.26 Å². The molecule has 0 atom stereocenters. The molecule has 0 saturated heterocycles. The van der Waals surface area contributed by atoms with E-state index in [1.807, 2.05) is 43.3 Å². The molecule has 1 aromatic carbocycles. The van der Waals surface area contributed by atoms with Crippen LogP contribution in [-0.2, 0) is 17.8 Å². The minimum absolute atomic E-state index is 0.00443. The maximum Gasteiger partial charge on any atom is 0.228 e. The molecule has 0 aliphatic heterocycles. The number of carbonyl (C=O) groups excluding carboxylic acids is 1. The number of thiazole rings is 1. The first-order chi connectivity index (χ1) is 13.1. The average Bonchev–Trinajstić information content (AvgIpc) is 3.14. The number of nitrogens with zero attached hydrogens (tertiary/aromatic N) is 4. The molecule has 2 aromatic heterocycles. The molecule has 1 N–H and O–H groups in total. The van der Waals surface area contributed by atoms with Gasteiger partial charge in [0.25, 0.3) is 0 Å². The predicted octanol–water partition coefficient (Wildman–Crippen LogP) is 3.37. The van der Waals surface area contributed by atoms with Crippen LogP contribution < -0.4 is 0 Å². The Bertz CT molecular complexity index is 979. The van der Waals surface area contributed by atoms with Crippen LogP contribution >= 0.6 is 11.3 Å². The Labute approximate surface area is 161 Å². The van der Waals surface area contributed by atoms with Gasteiger partial charge in [0.05, 0.1) is 17.7 Å². The molecule has 3 aromatic rings. The molecule has 1 amide bonds. The minimum Gasteiger partial charge on any atom is -0.506 e. The molecular weight excluding hydrogens is 360 g/mol. The van der Waals surface area contributed by atoms with E-state index in [-0.39, 0.29) is 23.6 Å². The van der Waals surface area contributed by atoms with Crippen molar-refractivity contribution in [3.05, 3.63) is 64.8 Å². The third kappa shape index (κ3) is 4.49. The summed E-state index contributed by atoms with van der Waals surface area (Å²) in [6.45, 7) is 3.12. The van der Waals surface area contributed by atoms with Crippen LogP contribution in [0.4, 0.5) is 0 Å². The van der Waals surface area contributed by atoms with E-state index in [1.54, 1.807) is 10.3 Å². The van der Waals surface area contributed by atoms with Crippen molar-refractivity contribution in [2.24, 2.45) is 0 Å². The summed E-state index contributed by atoms with van der Waals surface area (Å²) in [6.07, 6.45) is 1.58. The van der Waals surface area contributed by atoms with Gasteiger partial charge >= 0.3 is 0 Å². The van der Waals surface area contributed by atoms with E-state index in [0.717, 1.165) is 5.56 Å². The molecule has 0 unspecified atom stereocenters. The molecule has 7 heteroatoms. The number of likely N-dealkylation sites (N-methyl/N-ethyl adjacent to an activating group) is 1. The lowest BCUT2D eigenvalue weighted by atomic mass is 10.2. The largest absolute Gasteiger partial charge is 0.506 e. The topological polar surface area (TPSA) is 90.1 Å². The van der Waals surface area contributed by atoms with E-state index in [9.17, 15) is 9.90 Å². The number of benzene rings is 1. The zero-order valence-corrected chi connectivity index (χ0v) is 15.6. The summed E-state index contributed by atoms with van der Waals surface area (Å²) in [4.78, 5) is 22.9. The molecule has 0 fully saturated rings. The first kappa shape index (κ1) is 18.5. The monoisotopic (exact) mass is 378 g/mol. The zero-order chi connectivity index (χ0) is 19.2. The Morgan fingerprint density at radius 3 is 2.78 bits per heavy atom. The fourth-order valence-electron chi connectivity index (χ4n) is 2.62. The molecule has 0 aliphatic rings. The normalized spacial score (nSPS) is 10.4. The molecule has 0 saturated carbocycles. The van der Waals surface area contributed by atoms with Crippen molar-refractivity contribution in [3.63, 3.8) is 0 Å². The average molecular weight is 378 g/mol. The molecule has 0 radical (unpaired) electrons. The van der Waals surface area contributed by atoms with Crippen LogP contribution in [0.5, 0.6) is 5.75 Å². The quantitative estimate of drug-likeness (QED) is 0.710. The highest BCUT2D eigenvalue weighted by Crippen LogP contribution is 2.30. The highest BCUT2D eigenvalue weighted by atomic mass is 32.1. The van der Waals surface area contributed by atoms with E-state index in [1.165, 1.54) is 23.6 Å². The molecular formula is C20H18N4O2S. The first-order valence-corrected chi connectivity index (χ1v) is 9.34. The zero-order valence-electron chi connectivity index (χ0n) is 14.8. The smallest absolute Gasteiger partial charge is 0.228 e. The van der Waals surface area contributed by atoms with Crippen molar-refractivity contribution < 1.29 is 9.90 Å². The van der Waals surface area contributed by atoms with Crippen LogP contribution in [0.15, 0.2) is 48.0 Å². The van der Waals surface area contributed by atoms with Gasteiger partial charge in [-0.05, 0) is 12.5 Å². The summed E-state index contributed by atoms with van der Waals surface area (Å²) in [5.74, 6) is -0.101. The van der Waals surface area contributed by atoms with Gasteiger partial charge in [-0.1, -0.05) is 30.3 Å². The maximum absolute atomic E-state index is 12.6. The second-order valence-corrected chi connectivity index (χ2v) is 6.78. The van der Waals surface area contributed by atoms with Crippen LogP contribution in [0.25, 0.3) is 10.7 Å². The number of aromatic nitrogens is 2. The molecule has 136 valence electrons. The number of pyridine rings is 1. The lowest BCUT2D eigenvalue weighted by Crippen LogP contribution is -2.31. The third-order valence-corrected chi connectivity index (χ3v) is 4.93. The van der Waals surface area contributed by atoms with Crippen molar-refractivity contribution in [1.82, 2.24) is 14.9 Å². The lowest BCUT2D eigenvalue weighted by Gasteiger charge is -2.20. The summed E-state index contributed by atoms with van der Waals surface area (Å²) in [7, 11) is 0. The number of carbonyl (C=O) groups is 1. The molecule has 6 nitrogen and oxygen atoms in total. The summed E-state index contributed by atoms with van der Waals surface area (Å²) in [6, 6.07) is 13.1. The highest BCUT2D eigenvalue weighted by molar-refractivity contribution is 7.13. The standard InChI is InChI=1S/C20H18N4O2S/c1-2-24(12-14-6-4-3-5-7-14)18(26)9-16-13-27-20(23-16)19-17(25)8-15(10-21)11-22-19/h3-8,11,13,25H,2,9,12H2,1H3. The molecule has 0 aliphatic carbocycles. The van der Waals surface area contributed by atoms with Gasteiger partial charge in [-0.15, -0.1) is 11.3 Å². The Balaban J connectivity index is 1.71. The van der Waals surface area contributed by atoms with E-state index < -0.39 is 0 Å². The Kier molecular flexibility index (Phi) is 5.79. The Morgan fingerprint density at radius 2 is 2.11 bits per heavy atom. The number of amides is 1. The summed E-state index contributed by atoms with van der Waals surface area (Å²) >= 11 is 1.31. The Hall–Kier alpha value is -3.24. The first-order valence-electron chi connectivity index (χ1n) is 8.46. The highest BCUT2D eigenvalue weighted by Gasteiger charge is 2.17. The molecule has 27 heavy (non-hydrogen) atoms. The molecule has 2 heterocycles. The van der Waals surface area contributed by atoms with Gasteiger partial charge in [-0.3, -0.25) is 4.79 Å². The van der Waals surface area contributed by atoms with Crippen LogP contribution in [-0.4, -0.2) is 32.4 Å². The second-order valence-electron chi connectivity index (χ2n) is 5.92. The van der Waals surface area contributed by atoms with Crippen LogP contribution in [0.1, 0.15) is 23.7 Å². The van der Waals surface area contributed by atoms with Gasteiger partial charge in [0, 0.05) is 30.7 Å². The summed E-state index contributed by atoms with van der Waals surface area (Å²) < 4.78 is 0. The third-order valence-electron chi connectivity index (χ3n) is 4.03.